The average Bonchev–Trinajstić information content (AvgIpc) is 2.89. The molecule has 0 saturated carbocycles. The molecule has 1 aromatic heterocycles. The van der Waals surface area contributed by atoms with Crippen LogP contribution in [0.15, 0.2) is 29.4 Å². The molecule has 8 heteroatoms. The quantitative estimate of drug-likeness (QED) is 0.186. The molecule has 0 radical (unpaired) electrons. The van der Waals surface area contributed by atoms with Gasteiger partial charge in [0.15, 0.2) is 0 Å². The Labute approximate surface area is 246 Å². The first-order chi connectivity index (χ1) is 18.8. The lowest BCUT2D eigenvalue weighted by molar-refractivity contribution is 0.0579. The molecule has 0 fully saturated rings. The highest BCUT2D eigenvalue weighted by atomic mass is 16.6. The van der Waals surface area contributed by atoms with Crippen molar-refractivity contribution < 1.29 is 9.53 Å². The highest BCUT2D eigenvalue weighted by Gasteiger charge is 2.23. The summed E-state index contributed by atoms with van der Waals surface area (Å²) in [6.45, 7) is 24.5. The van der Waals surface area contributed by atoms with E-state index in [-0.39, 0.29) is 6.09 Å². The van der Waals surface area contributed by atoms with Gasteiger partial charge in [0.25, 0.3) is 0 Å². The highest BCUT2D eigenvalue weighted by Crippen LogP contribution is 2.20. The zero-order valence-electron chi connectivity index (χ0n) is 27.4. The zero-order chi connectivity index (χ0) is 31.1. The van der Waals surface area contributed by atoms with Crippen molar-refractivity contribution in [3.63, 3.8) is 0 Å². The third-order valence-electron chi connectivity index (χ3n) is 5.66. The van der Waals surface area contributed by atoms with Crippen LogP contribution < -0.4 is 10.6 Å². The average molecular weight is 561 g/mol. The maximum Gasteiger partial charge on any atom is 0.416 e. The second-order valence-electron chi connectivity index (χ2n) is 11.0. The van der Waals surface area contributed by atoms with E-state index >= 15 is 0 Å². The molecule has 40 heavy (non-hydrogen) atoms. The summed E-state index contributed by atoms with van der Waals surface area (Å²) in [5.41, 5.74) is 7.71. The van der Waals surface area contributed by atoms with Crippen molar-refractivity contribution in [2.24, 2.45) is 4.99 Å². The molecule has 0 saturated heterocycles. The van der Waals surface area contributed by atoms with E-state index in [2.05, 4.69) is 49.3 Å². The van der Waals surface area contributed by atoms with Crippen molar-refractivity contribution in [3.05, 3.63) is 30.0 Å². The molecule has 1 rings (SSSR count). The minimum atomic E-state index is -0.522. The van der Waals surface area contributed by atoms with Crippen molar-refractivity contribution in [3.8, 4) is 0 Å². The number of allylic oxidation sites excluding steroid dienone is 1. The summed E-state index contributed by atoms with van der Waals surface area (Å²) in [7, 11) is 2.09. The SMILES string of the molecule is C=C(C=NC(=N)CCN(C)CCCC)CC.CCCCC.CCCN(C(=O)OC(C)(C)C)c1cc(C)c(N)cn1. The third kappa shape index (κ3) is 21.1. The second-order valence-corrected chi connectivity index (χ2v) is 11.0. The number of nitrogens with zero attached hydrogens (tertiary/aromatic N) is 4. The van der Waals surface area contributed by atoms with Gasteiger partial charge in [0, 0.05) is 25.7 Å². The molecule has 0 bridgehead atoms. The molecule has 0 aliphatic rings. The number of amides is 1. The van der Waals surface area contributed by atoms with E-state index in [1.54, 1.807) is 18.5 Å². The lowest BCUT2D eigenvalue weighted by Gasteiger charge is -2.26. The number of nitrogens with two attached hydrogens (primary N) is 1. The molecular formula is C32H60N6O2. The smallest absolute Gasteiger partial charge is 0.416 e. The van der Waals surface area contributed by atoms with E-state index < -0.39 is 5.60 Å². The maximum atomic E-state index is 12.2. The molecule has 1 heterocycles. The molecule has 8 nitrogen and oxygen atoms in total. The first-order valence-electron chi connectivity index (χ1n) is 15.0. The van der Waals surface area contributed by atoms with Crippen LogP contribution in [-0.2, 0) is 4.74 Å². The molecule has 3 N–H and O–H groups in total. The van der Waals surface area contributed by atoms with E-state index in [1.807, 2.05) is 41.5 Å². The number of ether oxygens (including phenoxy) is 1. The number of unbranched alkanes of at least 4 members (excludes halogenated alkanes) is 3. The van der Waals surface area contributed by atoms with Crippen molar-refractivity contribution in [1.82, 2.24) is 9.88 Å². The number of aliphatic imine (C=N–C) groups is 1. The van der Waals surface area contributed by atoms with Gasteiger partial charge in [-0.25, -0.2) is 14.8 Å². The van der Waals surface area contributed by atoms with E-state index in [0.29, 0.717) is 30.3 Å². The fourth-order valence-corrected chi connectivity index (χ4v) is 3.05. The Balaban J connectivity index is 0. The molecule has 0 aliphatic heterocycles. The van der Waals surface area contributed by atoms with Crippen molar-refractivity contribution in [1.29, 1.82) is 5.41 Å². The number of pyridine rings is 1. The lowest BCUT2D eigenvalue weighted by atomic mass is 10.2. The van der Waals surface area contributed by atoms with Gasteiger partial charge in [-0.05, 0) is 77.8 Å². The summed E-state index contributed by atoms with van der Waals surface area (Å²) < 4.78 is 5.39. The summed E-state index contributed by atoms with van der Waals surface area (Å²) in [6, 6.07) is 1.80. The minimum Gasteiger partial charge on any atom is -0.443 e. The van der Waals surface area contributed by atoms with Gasteiger partial charge in [-0.2, -0.15) is 0 Å². The standard InChI is InChI=1S/C14H23N3O2.C13H25N3.C5H12/c1-6-7-17(13(18)19-14(3,4)5)12-8-10(2)11(15)9-16-12;1-5-7-9-16(4)10-8-13(14)15-11-12(3)6-2;1-3-5-4-2/h8-9H,6-7,15H2,1-5H3;11,14H,3,5-10H2,1-2,4H3;3-5H2,1-2H3. The molecular weight excluding hydrogens is 500 g/mol. The van der Waals surface area contributed by atoms with Crippen LogP contribution >= 0.6 is 0 Å². The number of hydrogen-bond acceptors (Lipinski definition) is 6. The van der Waals surface area contributed by atoms with Crippen LogP contribution in [0.4, 0.5) is 16.3 Å². The molecule has 0 aliphatic carbocycles. The molecule has 0 aromatic carbocycles. The number of aromatic nitrogens is 1. The predicted molar refractivity (Wildman–Crippen MR) is 175 cm³/mol. The number of carbonyl (C=O) groups is 1. The Hall–Kier alpha value is -2.74. The second kappa shape index (κ2) is 23.0. The van der Waals surface area contributed by atoms with Gasteiger partial charge in [0.05, 0.1) is 11.9 Å². The summed E-state index contributed by atoms with van der Waals surface area (Å²) >= 11 is 0. The van der Waals surface area contributed by atoms with Crippen molar-refractivity contribution >= 4 is 29.6 Å². The number of amidine groups is 1. The number of aryl methyl sites for hydroxylation is 1. The van der Waals surface area contributed by atoms with Gasteiger partial charge in [-0.15, -0.1) is 0 Å². The van der Waals surface area contributed by atoms with Crippen LogP contribution in [0.1, 0.15) is 112 Å². The molecule has 0 unspecified atom stereocenters. The number of anilines is 2. The number of rotatable bonds is 13. The van der Waals surface area contributed by atoms with Gasteiger partial charge in [-0.1, -0.05) is 66.9 Å². The van der Waals surface area contributed by atoms with Crippen LogP contribution in [0.25, 0.3) is 0 Å². The Kier molecular flexibility index (Phi) is 22.7. The Morgan fingerprint density at radius 1 is 1.07 bits per heavy atom. The van der Waals surface area contributed by atoms with Crippen LogP contribution in [0.5, 0.6) is 0 Å². The molecule has 230 valence electrons. The van der Waals surface area contributed by atoms with Crippen molar-refractivity contribution in [2.75, 3.05) is 37.3 Å². The number of carbonyl (C=O) groups excluding carboxylic acids is 1. The summed E-state index contributed by atoms with van der Waals surface area (Å²) in [5.74, 6) is 1.01. The topological polar surface area (TPSA) is 108 Å². The fourth-order valence-electron chi connectivity index (χ4n) is 3.05. The zero-order valence-corrected chi connectivity index (χ0v) is 27.4. The Morgan fingerprint density at radius 2 is 1.68 bits per heavy atom. The van der Waals surface area contributed by atoms with Crippen molar-refractivity contribution in [2.45, 2.75) is 119 Å². The largest absolute Gasteiger partial charge is 0.443 e. The van der Waals surface area contributed by atoms with E-state index in [1.165, 1.54) is 37.0 Å². The molecule has 0 spiro atoms. The first-order valence-corrected chi connectivity index (χ1v) is 15.0. The van der Waals surface area contributed by atoms with E-state index in [0.717, 1.165) is 37.1 Å². The van der Waals surface area contributed by atoms with Crippen LogP contribution in [0.3, 0.4) is 0 Å². The number of nitrogen functional groups attached to an aromatic ring is 1. The minimum absolute atomic E-state index is 0.383. The normalized spacial score (nSPS) is 10.9. The Morgan fingerprint density at radius 3 is 2.12 bits per heavy atom. The van der Waals surface area contributed by atoms with Gasteiger partial charge >= 0.3 is 6.09 Å². The summed E-state index contributed by atoms with van der Waals surface area (Å²) in [6.07, 6.45) is 11.8. The monoisotopic (exact) mass is 560 g/mol. The Bertz CT molecular complexity index is 875. The number of hydrogen-bond donors (Lipinski definition) is 2. The van der Waals surface area contributed by atoms with Gasteiger partial charge in [-0.3, -0.25) is 10.3 Å². The number of nitrogens with one attached hydrogen (secondary N) is 1. The first kappa shape index (κ1) is 39.4. The molecule has 1 amide bonds. The van der Waals surface area contributed by atoms with Crippen LogP contribution in [0.2, 0.25) is 0 Å². The predicted octanol–water partition coefficient (Wildman–Crippen LogP) is 8.44. The van der Waals surface area contributed by atoms with Gasteiger partial charge < -0.3 is 15.4 Å². The maximum absolute atomic E-state index is 12.2. The fraction of sp³-hybridized carbons (Fsp3) is 0.688. The summed E-state index contributed by atoms with van der Waals surface area (Å²) in [5, 5.41) is 7.66. The molecule has 1 aromatic rings. The summed E-state index contributed by atoms with van der Waals surface area (Å²) in [4.78, 5) is 24.3. The van der Waals surface area contributed by atoms with Gasteiger partial charge in [0.1, 0.15) is 17.3 Å². The van der Waals surface area contributed by atoms with E-state index in [9.17, 15) is 4.79 Å². The third-order valence-corrected chi connectivity index (χ3v) is 5.66. The van der Waals surface area contributed by atoms with E-state index in [4.69, 9.17) is 15.9 Å². The molecule has 0 atom stereocenters. The van der Waals surface area contributed by atoms with Crippen LogP contribution in [0, 0.1) is 12.3 Å². The lowest BCUT2D eigenvalue weighted by Crippen LogP contribution is -2.37. The highest BCUT2D eigenvalue weighted by molar-refractivity contribution is 5.92. The van der Waals surface area contributed by atoms with Crippen LogP contribution in [-0.4, -0.2) is 60.3 Å². The van der Waals surface area contributed by atoms with Gasteiger partial charge in [0.2, 0.25) is 0 Å².